The maximum Gasteiger partial charge on any atom is 0.359 e. The van der Waals surface area contributed by atoms with E-state index in [1.807, 2.05) is 0 Å². The number of carboxylic acid groups (broad SMARTS) is 1. The van der Waals surface area contributed by atoms with Crippen LogP contribution in [0.15, 0.2) is 0 Å². The molecular weight excluding hydrogens is 278 g/mol. The molecule has 0 saturated carbocycles. The highest BCUT2D eigenvalue weighted by atomic mass is 16.5. The van der Waals surface area contributed by atoms with Crippen molar-refractivity contribution in [3.8, 4) is 0 Å². The maximum atomic E-state index is 11.1. The number of nitrogens with zero attached hydrogens (tertiary/aromatic N) is 1. The van der Waals surface area contributed by atoms with Crippen LogP contribution in [0.5, 0.6) is 0 Å². The summed E-state index contributed by atoms with van der Waals surface area (Å²) in [7, 11) is 0. The Kier molecular flexibility index (Phi) is 10.5. The number of carbonyl (C=O) groups is 1. The summed E-state index contributed by atoms with van der Waals surface area (Å²) in [5.74, 6) is -0.672. The molecule has 0 aromatic heterocycles. The van der Waals surface area contributed by atoms with Gasteiger partial charge in [0.05, 0.1) is 19.8 Å². The number of quaternary nitrogens is 1. The summed E-state index contributed by atoms with van der Waals surface area (Å²) in [4.78, 5) is 11.1. The zero-order valence-electron chi connectivity index (χ0n) is 14.5. The lowest BCUT2D eigenvalue weighted by atomic mass is 10.1. The van der Waals surface area contributed by atoms with Gasteiger partial charge in [0.25, 0.3) is 0 Å². The van der Waals surface area contributed by atoms with E-state index in [0.717, 1.165) is 30.5 Å². The number of morpholine rings is 1. The molecular formula is C18H36NO3+. The van der Waals surface area contributed by atoms with Crippen molar-refractivity contribution < 1.29 is 19.1 Å². The highest BCUT2D eigenvalue weighted by molar-refractivity contribution is 5.67. The van der Waals surface area contributed by atoms with Gasteiger partial charge in [-0.1, -0.05) is 58.3 Å². The van der Waals surface area contributed by atoms with Crippen LogP contribution in [0, 0.1) is 0 Å². The highest BCUT2D eigenvalue weighted by Crippen LogP contribution is 2.15. The van der Waals surface area contributed by atoms with Gasteiger partial charge >= 0.3 is 5.97 Å². The molecule has 0 radical (unpaired) electrons. The summed E-state index contributed by atoms with van der Waals surface area (Å²) in [6, 6.07) is 0. The smallest absolute Gasteiger partial charge is 0.359 e. The van der Waals surface area contributed by atoms with Gasteiger partial charge in [-0.15, -0.1) is 0 Å². The van der Waals surface area contributed by atoms with Gasteiger partial charge < -0.3 is 14.3 Å². The van der Waals surface area contributed by atoms with Crippen LogP contribution in [0.4, 0.5) is 0 Å². The minimum absolute atomic E-state index is 0.265. The molecule has 0 atom stereocenters. The molecule has 0 aliphatic carbocycles. The first-order chi connectivity index (χ1) is 10.7. The Morgan fingerprint density at radius 1 is 0.909 bits per heavy atom. The zero-order valence-corrected chi connectivity index (χ0v) is 14.5. The minimum Gasteiger partial charge on any atom is -0.477 e. The van der Waals surface area contributed by atoms with E-state index < -0.39 is 5.97 Å². The fraction of sp³-hybridized carbons (Fsp3) is 0.944. The van der Waals surface area contributed by atoms with Gasteiger partial charge in [-0.3, -0.25) is 0 Å². The van der Waals surface area contributed by atoms with Crippen LogP contribution in [0.3, 0.4) is 0 Å². The summed E-state index contributed by atoms with van der Waals surface area (Å²) in [6.45, 7) is 6.69. The lowest BCUT2D eigenvalue weighted by molar-refractivity contribution is -0.928. The van der Waals surface area contributed by atoms with Crippen LogP contribution in [-0.4, -0.2) is 55.0 Å². The van der Waals surface area contributed by atoms with E-state index in [1.165, 1.54) is 57.8 Å². The van der Waals surface area contributed by atoms with Crippen molar-refractivity contribution in [2.45, 2.75) is 71.1 Å². The van der Waals surface area contributed by atoms with Gasteiger partial charge in [-0.05, 0) is 12.8 Å². The van der Waals surface area contributed by atoms with E-state index >= 15 is 0 Å². The second-order valence-corrected chi connectivity index (χ2v) is 6.86. The molecule has 1 N–H and O–H groups in total. The molecule has 4 nitrogen and oxygen atoms in total. The van der Waals surface area contributed by atoms with Gasteiger partial charge in [0.2, 0.25) is 0 Å². The largest absolute Gasteiger partial charge is 0.477 e. The first kappa shape index (κ1) is 19.4. The normalized spacial score (nSPS) is 17.5. The van der Waals surface area contributed by atoms with Crippen molar-refractivity contribution in [3.63, 3.8) is 0 Å². The van der Waals surface area contributed by atoms with Crippen molar-refractivity contribution in [2.75, 3.05) is 39.4 Å². The molecule has 0 bridgehead atoms. The third-order valence-corrected chi connectivity index (χ3v) is 4.88. The molecule has 0 aromatic carbocycles. The third kappa shape index (κ3) is 8.74. The molecule has 1 aliphatic heterocycles. The Hall–Kier alpha value is -0.610. The molecule has 4 heteroatoms. The summed E-state index contributed by atoms with van der Waals surface area (Å²) in [6.07, 6.45) is 13.3. The standard InChI is InChI=1S/C18H35NO3/c1-2-3-4-5-6-7-8-9-10-11-12-19(17-18(20)21)13-15-22-16-14-19/h2-17H2,1H3/p+1. The number of unbranched alkanes of at least 4 members (excludes halogenated alkanes) is 9. The number of ether oxygens (including phenoxy) is 1. The van der Waals surface area contributed by atoms with Crippen LogP contribution < -0.4 is 0 Å². The molecule has 1 heterocycles. The van der Waals surface area contributed by atoms with Crippen LogP contribution in [0.1, 0.15) is 71.1 Å². The summed E-state index contributed by atoms with van der Waals surface area (Å²) in [5, 5.41) is 9.14. The van der Waals surface area contributed by atoms with Gasteiger partial charge in [-0.2, -0.15) is 0 Å². The van der Waals surface area contributed by atoms with E-state index in [4.69, 9.17) is 9.84 Å². The summed E-state index contributed by atoms with van der Waals surface area (Å²) >= 11 is 0. The van der Waals surface area contributed by atoms with E-state index in [0.29, 0.717) is 13.2 Å². The van der Waals surface area contributed by atoms with E-state index in [-0.39, 0.29) is 6.54 Å². The minimum atomic E-state index is -0.672. The Morgan fingerprint density at radius 3 is 1.91 bits per heavy atom. The topological polar surface area (TPSA) is 46.5 Å². The number of rotatable bonds is 13. The average Bonchev–Trinajstić information content (AvgIpc) is 2.49. The number of hydrogen-bond acceptors (Lipinski definition) is 2. The predicted octanol–water partition coefficient (Wildman–Crippen LogP) is 3.84. The molecule has 1 aliphatic rings. The number of carboxylic acids is 1. The fourth-order valence-electron chi connectivity index (χ4n) is 3.41. The van der Waals surface area contributed by atoms with Gasteiger partial charge in [0.15, 0.2) is 6.54 Å². The monoisotopic (exact) mass is 314 g/mol. The third-order valence-electron chi connectivity index (χ3n) is 4.88. The fourth-order valence-corrected chi connectivity index (χ4v) is 3.41. The van der Waals surface area contributed by atoms with Crippen molar-refractivity contribution in [1.29, 1.82) is 0 Å². The molecule has 1 fully saturated rings. The number of hydrogen-bond donors (Lipinski definition) is 1. The van der Waals surface area contributed by atoms with Crippen molar-refractivity contribution in [3.05, 3.63) is 0 Å². The molecule has 0 aromatic rings. The van der Waals surface area contributed by atoms with Crippen molar-refractivity contribution >= 4 is 5.97 Å². The first-order valence-corrected chi connectivity index (χ1v) is 9.33. The Bertz CT molecular complexity index is 288. The van der Waals surface area contributed by atoms with E-state index in [2.05, 4.69) is 6.92 Å². The zero-order chi connectivity index (χ0) is 16.1. The molecule has 130 valence electrons. The van der Waals surface area contributed by atoms with Crippen molar-refractivity contribution in [2.24, 2.45) is 0 Å². The molecule has 0 amide bonds. The van der Waals surface area contributed by atoms with Crippen LogP contribution in [-0.2, 0) is 9.53 Å². The Morgan fingerprint density at radius 2 is 1.41 bits per heavy atom. The Balaban J connectivity index is 2.04. The summed E-state index contributed by atoms with van der Waals surface area (Å²) in [5.41, 5.74) is 0. The Labute approximate surface area is 136 Å². The summed E-state index contributed by atoms with van der Waals surface area (Å²) < 4.78 is 6.13. The van der Waals surface area contributed by atoms with E-state index in [1.54, 1.807) is 0 Å². The molecule has 22 heavy (non-hydrogen) atoms. The lowest BCUT2D eigenvalue weighted by Crippen LogP contribution is -2.57. The molecule has 1 rings (SSSR count). The quantitative estimate of drug-likeness (QED) is 0.415. The second kappa shape index (κ2) is 11.9. The SMILES string of the molecule is CCCCCCCCCCCC[N+]1(CC(=O)O)CCOCC1. The van der Waals surface area contributed by atoms with Gasteiger partial charge in [0.1, 0.15) is 13.1 Å². The lowest BCUT2D eigenvalue weighted by Gasteiger charge is -2.40. The van der Waals surface area contributed by atoms with Crippen LogP contribution in [0.25, 0.3) is 0 Å². The van der Waals surface area contributed by atoms with Crippen LogP contribution in [0.2, 0.25) is 0 Å². The van der Waals surface area contributed by atoms with E-state index in [9.17, 15) is 4.79 Å². The molecule has 1 saturated heterocycles. The highest BCUT2D eigenvalue weighted by Gasteiger charge is 2.32. The molecule has 0 unspecified atom stereocenters. The van der Waals surface area contributed by atoms with Gasteiger partial charge in [0, 0.05) is 0 Å². The second-order valence-electron chi connectivity index (χ2n) is 6.86. The average molecular weight is 314 g/mol. The molecule has 0 spiro atoms. The van der Waals surface area contributed by atoms with Crippen LogP contribution >= 0.6 is 0 Å². The maximum absolute atomic E-state index is 11.1. The number of aliphatic carboxylic acids is 1. The van der Waals surface area contributed by atoms with Gasteiger partial charge in [-0.25, -0.2) is 4.79 Å². The predicted molar refractivity (Wildman–Crippen MR) is 90.0 cm³/mol. The van der Waals surface area contributed by atoms with Crippen molar-refractivity contribution in [1.82, 2.24) is 0 Å². The first-order valence-electron chi connectivity index (χ1n) is 9.33.